The van der Waals surface area contributed by atoms with Gasteiger partial charge < -0.3 is 14.6 Å². The van der Waals surface area contributed by atoms with E-state index < -0.39 is 10.0 Å². The Morgan fingerprint density at radius 3 is 2.70 bits per heavy atom. The van der Waals surface area contributed by atoms with Crippen molar-refractivity contribution in [3.8, 4) is 11.5 Å². The molecule has 1 fully saturated rings. The lowest BCUT2D eigenvalue weighted by molar-refractivity contribution is 0.168. The van der Waals surface area contributed by atoms with Crippen LogP contribution in [0, 0.1) is 5.92 Å². The zero-order valence-corrected chi connectivity index (χ0v) is 18.1. The molecule has 0 bridgehead atoms. The van der Waals surface area contributed by atoms with E-state index in [9.17, 15) is 8.42 Å². The maximum atomic E-state index is 12.6. The molecule has 1 saturated heterocycles. The topological polar surface area (TPSA) is 88.1 Å². The van der Waals surface area contributed by atoms with Crippen LogP contribution in [-0.4, -0.2) is 58.4 Å². The highest BCUT2D eigenvalue weighted by Crippen LogP contribution is 2.21. The van der Waals surface area contributed by atoms with Crippen LogP contribution in [0.1, 0.15) is 18.4 Å². The molecule has 1 heterocycles. The van der Waals surface area contributed by atoms with Crippen LogP contribution in [0.2, 0.25) is 0 Å². The second-order valence-corrected chi connectivity index (χ2v) is 9.26. The molecule has 1 aliphatic rings. The summed E-state index contributed by atoms with van der Waals surface area (Å²) in [6.45, 7) is 3.31. The van der Waals surface area contributed by atoms with Gasteiger partial charge in [0.15, 0.2) is 0 Å². The smallest absolute Gasteiger partial charge is 0.240 e. The maximum absolute atomic E-state index is 12.6. The van der Waals surface area contributed by atoms with Crippen LogP contribution in [0.5, 0.6) is 11.5 Å². The number of sulfonamides is 1. The first kappa shape index (κ1) is 22.6. The van der Waals surface area contributed by atoms with Crippen LogP contribution in [0.25, 0.3) is 0 Å². The first-order valence-corrected chi connectivity index (χ1v) is 11.7. The van der Waals surface area contributed by atoms with Crippen LogP contribution in [-0.2, 0) is 16.6 Å². The average Bonchev–Trinajstić information content (AvgIpc) is 2.77. The molecule has 3 rings (SSSR count). The number of likely N-dealkylation sites (tertiary alicyclic amines) is 1. The fourth-order valence-corrected chi connectivity index (χ4v) is 4.80. The number of ether oxygens (including phenoxy) is 2. The summed E-state index contributed by atoms with van der Waals surface area (Å²) in [5.41, 5.74) is 1.14. The third-order valence-electron chi connectivity index (χ3n) is 5.20. The molecule has 7 nitrogen and oxygen atoms in total. The number of nitrogens with zero attached hydrogens (tertiary/aromatic N) is 1. The SMILES string of the molecule is COc1ccc(S(=O)(=O)NC[C@@H]2CCCN(Cc3cccc(OCCO)c3)C2)cc1. The van der Waals surface area contributed by atoms with Crippen LogP contribution < -0.4 is 14.2 Å². The van der Waals surface area contributed by atoms with E-state index in [4.69, 9.17) is 14.6 Å². The molecular formula is C22H30N2O5S. The van der Waals surface area contributed by atoms with Gasteiger partial charge in [0.05, 0.1) is 18.6 Å². The molecule has 2 aromatic carbocycles. The Bertz CT molecular complexity index is 902. The number of hydrogen-bond donors (Lipinski definition) is 2. The molecule has 8 heteroatoms. The third-order valence-corrected chi connectivity index (χ3v) is 6.64. The summed E-state index contributed by atoms with van der Waals surface area (Å²) < 4.78 is 38.5. The molecule has 1 atom stereocenters. The number of aliphatic hydroxyl groups excluding tert-OH is 1. The predicted octanol–water partition coefficient (Wildman–Crippen LogP) is 2.26. The molecule has 0 aliphatic carbocycles. The van der Waals surface area contributed by atoms with Gasteiger partial charge in [0.25, 0.3) is 0 Å². The molecule has 30 heavy (non-hydrogen) atoms. The van der Waals surface area contributed by atoms with Gasteiger partial charge in [-0.1, -0.05) is 12.1 Å². The number of hydrogen-bond acceptors (Lipinski definition) is 6. The molecule has 0 unspecified atom stereocenters. The van der Waals surface area contributed by atoms with E-state index >= 15 is 0 Å². The van der Waals surface area contributed by atoms with Crippen molar-refractivity contribution in [1.82, 2.24) is 9.62 Å². The van der Waals surface area contributed by atoms with Crippen molar-refractivity contribution in [2.24, 2.45) is 5.92 Å². The summed E-state index contributed by atoms with van der Waals surface area (Å²) >= 11 is 0. The maximum Gasteiger partial charge on any atom is 0.240 e. The first-order valence-electron chi connectivity index (χ1n) is 10.2. The van der Waals surface area contributed by atoms with Gasteiger partial charge in [0.2, 0.25) is 10.0 Å². The van der Waals surface area contributed by atoms with Gasteiger partial charge in [-0.2, -0.15) is 0 Å². The van der Waals surface area contributed by atoms with Crippen LogP contribution in [0.3, 0.4) is 0 Å². The minimum absolute atomic E-state index is 0.00946. The van der Waals surface area contributed by atoms with Gasteiger partial charge in [-0.05, 0) is 67.3 Å². The molecule has 0 saturated carbocycles. The van der Waals surface area contributed by atoms with Gasteiger partial charge in [-0.15, -0.1) is 0 Å². The summed E-state index contributed by atoms with van der Waals surface area (Å²) in [4.78, 5) is 2.59. The largest absolute Gasteiger partial charge is 0.497 e. The standard InChI is InChI=1S/C22H30N2O5S/c1-28-20-7-9-22(10-8-20)30(26,27)23-15-19-5-3-11-24(17-19)16-18-4-2-6-21(14-18)29-13-12-25/h2,4,6-10,14,19,23,25H,3,5,11-13,15-17H2,1H3/t19-/m0/s1. The lowest BCUT2D eigenvalue weighted by atomic mass is 9.98. The van der Waals surface area contributed by atoms with Crippen LogP contribution in [0.15, 0.2) is 53.4 Å². The number of rotatable bonds is 10. The van der Waals surface area contributed by atoms with Gasteiger partial charge in [0, 0.05) is 19.6 Å². The van der Waals surface area contributed by atoms with E-state index in [0.717, 1.165) is 43.8 Å². The van der Waals surface area contributed by atoms with Gasteiger partial charge >= 0.3 is 0 Å². The lowest BCUT2D eigenvalue weighted by Crippen LogP contribution is -2.40. The van der Waals surface area contributed by atoms with Crippen molar-refractivity contribution in [1.29, 1.82) is 0 Å². The van der Waals surface area contributed by atoms with Crippen LogP contribution >= 0.6 is 0 Å². The average molecular weight is 435 g/mol. The minimum atomic E-state index is -3.54. The molecule has 0 aromatic heterocycles. The summed E-state index contributed by atoms with van der Waals surface area (Å²) in [5, 5.41) is 8.90. The highest BCUT2D eigenvalue weighted by Gasteiger charge is 2.22. The Hall–Kier alpha value is -2.13. The molecule has 1 aliphatic heterocycles. The van der Waals surface area contributed by atoms with Crippen molar-refractivity contribution in [2.45, 2.75) is 24.3 Å². The Kier molecular flexibility index (Phi) is 8.09. The molecule has 0 radical (unpaired) electrons. The van der Waals surface area contributed by atoms with Crippen molar-refractivity contribution < 1.29 is 23.0 Å². The highest BCUT2D eigenvalue weighted by atomic mass is 32.2. The second-order valence-electron chi connectivity index (χ2n) is 7.49. The highest BCUT2D eigenvalue weighted by molar-refractivity contribution is 7.89. The Morgan fingerprint density at radius 1 is 1.17 bits per heavy atom. The summed E-state index contributed by atoms with van der Waals surface area (Å²) in [7, 11) is -1.99. The van der Waals surface area contributed by atoms with E-state index in [-0.39, 0.29) is 24.0 Å². The molecule has 0 spiro atoms. The number of nitrogens with one attached hydrogen (secondary N) is 1. The number of piperidine rings is 1. The fourth-order valence-electron chi connectivity index (χ4n) is 3.68. The first-order chi connectivity index (χ1) is 14.5. The normalized spacial score (nSPS) is 17.6. The third kappa shape index (κ3) is 6.43. The van der Waals surface area contributed by atoms with Crippen molar-refractivity contribution in [3.05, 3.63) is 54.1 Å². The zero-order valence-electron chi connectivity index (χ0n) is 17.3. The van der Waals surface area contributed by atoms with E-state index in [1.807, 2.05) is 18.2 Å². The second kappa shape index (κ2) is 10.8. The zero-order chi connectivity index (χ0) is 21.4. The fraction of sp³-hybridized carbons (Fsp3) is 0.455. The molecular weight excluding hydrogens is 404 g/mol. The van der Waals surface area contributed by atoms with Gasteiger partial charge in [-0.25, -0.2) is 13.1 Å². The molecule has 2 N–H and O–H groups in total. The van der Waals surface area contributed by atoms with Gasteiger partial charge in [-0.3, -0.25) is 4.90 Å². The summed E-state index contributed by atoms with van der Waals surface area (Å²) in [5.74, 6) is 1.64. The van der Waals surface area contributed by atoms with E-state index in [0.29, 0.717) is 12.3 Å². The summed E-state index contributed by atoms with van der Waals surface area (Å²) in [6.07, 6.45) is 2.04. The molecule has 164 valence electrons. The Balaban J connectivity index is 1.53. The molecule has 2 aromatic rings. The van der Waals surface area contributed by atoms with E-state index in [1.54, 1.807) is 31.4 Å². The monoisotopic (exact) mass is 434 g/mol. The van der Waals surface area contributed by atoms with Crippen LogP contribution in [0.4, 0.5) is 0 Å². The van der Waals surface area contributed by atoms with Gasteiger partial charge in [0.1, 0.15) is 18.1 Å². The predicted molar refractivity (Wildman–Crippen MR) is 115 cm³/mol. The van der Waals surface area contributed by atoms with E-state index in [2.05, 4.69) is 15.7 Å². The lowest BCUT2D eigenvalue weighted by Gasteiger charge is -2.32. The van der Waals surface area contributed by atoms with Crippen molar-refractivity contribution in [2.75, 3.05) is 40.0 Å². The Morgan fingerprint density at radius 2 is 1.97 bits per heavy atom. The number of methoxy groups -OCH3 is 1. The molecule has 0 amide bonds. The quantitative estimate of drug-likeness (QED) is 0.596. The number of benzene rings is 2. The van der Waals surface area contributed by atoms with E-state index in [1.165, 1.54) is 0 Å². The Labute approximate surface area is 178 Å². The summed E-state index contributed by atoms with van der Waals surface area (Å²) in [6, 6.07) is 14.3. The number of aliphatic hydroxyl groups is 1. The minimum Gasteiger partial charge on any atom is -0.497 e. The van der Waals surface area contributed by atoms with Crippen molar-refractivity contribution >= 4 is 10.0 Å². The van der Waals surface area contributed by atoms with Crippen molar-refractivity contribution in [3.63, 3.8) is 0 Å².